The van der Waals surface area contributed by atoms with Gasteiger partial charge in [0.25, 0.3) is 0 Å². The molecule has 18 heavy (non-hydrogen) atoms. The van der Waals surface area contributed by atoms with E-state index < -0.39 is 5.97 Å². The van der Waals surface area contributed by atoms with Crippen LogP contribution in [0.15, 0.2) is 30.4 Å². The zero-order valence-corrected chi connectivity index (χ0v) is 10.7. The third kappa shape index (κ3) is 4.22. The van der Waals surface area contributed by atoms with Gasteiger partial charge in [0.05, 0.1) is 20.3 Å². The van der Waals surface area contributed by atoms with Crippen LogP contribution in [-0.4, -0.2) is 24.8 Å². The number of carboxylic acid groups (broad SMARTS) is 1. The summed E-state index contributed by atoms with van der Waals surface area (Å²) in [6.07, 6.45) is 0.807. The molecule has 0 aliphatic carbocycles. The molecule has 0 aliphatic heterocycles. The Bertz CT molecular complexity index is 437. The zero-order chi connectivity index (χ0) is 13.5. The number of aromatic carboxylic acids is 1. The monoisotopic (exact) mass is 250 g/mol. The molecular weight excluding hydrogens is 232 g/mol. The van der Waals surface area contributed by atoms with E-state index in [0.29, 0.717) is 19.0 Å². The van der Waals surface area contributed by atoms with E-state index in [9.17, 15) is 4.79 Å². The second kappa shape index (κ2) is 6.81. The molecule has 98 valence electrons. The molecule has 0 spiro atoms. The van der Waals surface area contributed by atoms with Crippen molar-refractivity contribution in [2.75, 3.05) is 13.7 Å². The van der Waals surface area contributed by atoms with E-state index in [4.69, 9.17) is 14.6 Å². The van der Waals surface area contributed by atoms with Crippen LogP contribution in [0.4, 0.5) is 0 Å². The Morgan fingerprint density at radius 3 is 2.72 bits per heavy atom. The van der Waals surface area contributed by atoms with Gasteiger partial charge in [0, 0.05) is 0 Å². The van der Waals surface area contributed by atoms with Crippen LogP contribution < -0.4 is 4.74 Å². The van der Waals surface area contributed by atoms with Gasteiger partial charge in [0.2, 0.25) is 0 Å². The first kappa shape index (κ1) is 14.3. The van der Waals surface area contributed by atoms with Gasteiger partial charge in [-0.3, -0.25) is 0 Å². The molecule has 1 N–H and O–H groups in total. The van der Waals surface area contributed by atoms with Crippen molar-refractivity contribution in [2.24, 2.45) is 0 Å². The van der Waals surface area contributed by atoms with E-state index in [0.717, 1.165) is 17.6 Å². The van der Waals surface area contributed by atoms with E-state index >= 15 is 0 Å². The molecule has 1 aromatic rings. The van der Waals surface area contributed by atoms with E-state index in [1.807, 2.05) is 6.92 Å². The van der Waals surface area contributed by atoms with Crippen molar-refractivity contribution in [3.8, 4) is 5.75 Å². The largest absolute Gasteiger partial charge is 0.496 e. The highest BCUT2D eigenvalue weighted by molar-refractivity contribution is 5.91. The van der Waals surface area contributed by atoms with Gasteiger partial charge in [0.1, 0.15) is 11.3 Å². The minimum Gasteiger partial charge on any atom is -0.496 e. The van der Waals surface area contributed by atoms with Crippen LogP contribution in [0.2, 0.25) is 0 Å². The van der Waals surface area contributed by atoms with Crippen LogP contribution in [0.1, 0.15) is 29.3 Å². The van der Waals surface area contributed by atoms with Crippen molar-refractivity contribution >= 4 is 5.97 Å². The Balaban J connectivity index is 2.64. The van der Waals surface area contributed by atoms with Crippen molar-refractivity contribution in [3.05, 3.63) is 41.5 Å². The highest BCUT2D eigenvalue weighted by atomic mass is 16.5. The van der Waals surface area contributed by atoms with Gasteiger partial charge in [-0.05, 0) is 31.0 Å². The normalized spacial score (nSPS) is 10.1. The maximum atomic E-state index is 11.0. The Labute approximate surface area is 107 Å². The van der Waals surface area contributed by atoms with Crippen molar-refractivity contribution in [3.63, 3.8) is 0 Å². The standard InChI is InChI=1S/C14H18O4/c1-10(2)6-7-18-9-11-4-5-13(17-3)12(8-11)14(15)16/h4-5,8H,1,6-7,9H2,2-3H3,(H,15,16). The van der Waals surface area contributed by atoms with Crippen LogP contribution in [0, 0.1) is 0 Å². The minimum atomic E-state index is -1.00. The first-order valence-electron chi connectivity index (χ1n) is 5.67. The smallest absolute Gasteiger partial charge is 0.339 e. The van der Waals surface area contributed by atoms with Crippen molar-refractivity contribution in [1.82, 2.24) is 0 Å². The van der Waals surface area contributed by atoms with Gasteiger partial charge in [0.15, 0.2) is 0 Å². The molecule has 4 nitrogen and oxygen atoms in total. The summed E-state index contributed by atoms with van der Waals surface area (Å²) in [6.45, 7) is 6.70. The SMILES string of the molecule is C=C(C)CCOCc1ccc(OC)c(C(=O)O)c1. The topological polar surface area (TPSA) is 55.8 Å². The molecule has 0 heterocycles. The van der Waals surface area contributed by atoms with Crippen LogP contribution in [0.25, 0.3) is 0 Å². The molecule has 4 heteroatoms. The van der Waals surface area contributed by atoms with E-state index in [-0.39, 0.29) is 5.56 Å². The van der Waals surface area contributed by atoms with Gasteiger partial charge in [-0.2, -0.15) is 0 Å². The zero-order valence-electron chi connectivity index (χ0n) is 10.7. The first-order valence-corrected chi connectivity index (χ1v) is 5.67. The molecule has 0 amide bonds. The Morgan fingerprint density at radius 1 is 1.44 bits per heavy atom. The molecule has 0 saturated carbocycles. The second-order valence-corrected chi connectivity index (χ2v) is 4.10. The molecule has 0 bridgehead atoms. The molecular formula is C14H18O4. The maximum Gasteiger partial charge on any atom is 0.339 e. The highest BCUT2D eigenvalue weighted by Gasteiger charge is 2.11. The predicted octanol–water partition coefficient (Wildman–Crippen LogP) is 2.88. The number of rotatable bonds is 7. The number of benzene rings is 1. The molecule has 0 fully saturated rings. The summed E-state index contributed by atoms with van der Waals surface area (Å²) >= 11 is 0. The third-order valence-electron chi connectivity index (χ3n) is 2.44. The summed E-state index contributed by atoms with van der Waals surface area (Å²) in [5, 5.41) is 9.03. The fraction of sp³-hybridized carbons (Fsp3) is 0.357. The number of carboxylic acids is 1. The Hall–Kier alpha value is -1.81. The molecule has 0 aliphatic rings. The van der Waals surface area contributed by atoms with Crippen molar-refractivity contribution in [2.45, 2.75) is 20.0 Å². The average Bonchev–Trinajstić information content (AvgIpc) is 2.34. The van der Waals surface area contributed by atoms with Gasteiger partial charge in [-0.1, -0.05) is 11.6 Å². The molecule has 0 atom stereocenters. The number of ether oxygens (including phenoxy) is 2. The van der Waals surface area contributed by atoms with E-state index in [1.54, 1.807) is 18.2 Å². The fourth-order valence-corrected chi connectivity index (χ4v) is 1.45. The van der Waals surface area contributed by atoms with Crippen LogP contribution in [0.3, 0.4) is 0 Å². The molecule has 1 aromatic carbocycles. The summed E-state index contributed by atoms with van der Waals surface area (Å²) in [5.74, 6) is -0.649. The third-order valence-corrected chi connectivity index (χ3v) is 2.44. The van der Waals surface area contributed by atoms with Crippen molar-refractivity contribution in [1.29, 1.82) is 0 Å². The summed E-state index contributed by atoms with van der Waals surface area (Å²) in [4.78, 5) is 11.0. The van der Waals surface area contributed by atoms with Gasteiger partial charge in [-0.15, -0.1) is 6.58 Å². The number of hydrogen-bond donors (Lipinski definition) is 1. The lowest BCUT2D eigenvalue weighted by atomic mass is 10.1. The van der Waals surface area contributed by atoms with Crippen LogP contribution in [-0.2, 0) is 11.3 Å². The lowest BCUT2D eigenvalue weighted by molar-refractivity contribution is 0.0692. The molecule has 0 aromatic heterocycles. The fourth-order valence-electron chi connectivity index (χ4n) is 1.45. The van der Waals surface area contributed by atoms with Crippen molar-refractivity contribution < 1.29 is 19.4 Å². The minimum absolute atomic E-state index is 0.151. The molecule has 0 unspecified atom stereocenters. The number of methoxy groups -OCH3 is 1. The van der Waals surface area contributed by atoms with E-state index in [1.165, 1.54) is 7.11 Å². The quantitative estimate of drug-likeness (QED) is 0.597. The lowest BCUT2D eigenvalue weighted by Crippen LogP contribution is -2.03. The van der Waals surface area contributed by atoms with Gasteiger partial charge in [-0.25, -0.2) is 4.79 Å². The highest BCUT2D eigenvalue weighted by Crippen LogP contribution is 2.20. The average molecular weight is 250 g/mol. The molecule has 0 radical (unpaired) electrons. The number of carbonyl (C=O) groups is 1. The van der Waals surface area contributed by atoms with Crippen LogP contribution in [0.5, 0.6) is 5.75 Å². The predicted molar refractivity (Wildman–Crippen MR) is 69.0 cm³/mol. The Kier molecular flexibility index (Phi) is 5.39. The first-order chi connectivity index (χ1) is 8.54. The second-order valence-electron chi connectivity index (χ2n) is 4.10. The number of hydrogen-bond acceptors (Lipinski definition) is 3. The maximum absolute atomic E-state index is 11.0. The molecule has 0 saturated heterocycles. The summed E-state index contributed by atoms with van der Waals surface area (Å²) in [5.41, 5.74) is 2.03. The lowest BCUT2D eigenvalue weighted by Gasteiger charge is -2.08. The van der Waals surface area contributed by atoms with Gasteiger partial charge < -0.3 is 14.6 Å². The molecule has 1 rings (SSSR count). The Morgan fingerprint density at radius 2 is 2.17 bits per heavy atom. The summed E-state index contributed by atoms with van der Waals surface area (Å²) < 4.78 is 10.4. The van der Waals surface area contributed by atoms with E-state index in [2.05, 4.69) is 6.58 Å². The van der Waals surface area contributed by atoms with Crippen LogP contribution >= 0.6 is 0 Å². The van der Waals surface area contributed by atoms with Gasteiger partial charge >= 0.3 is 5.97 Å². The summed E-state index contributed by atoms with van der Waals surface area (Å²) in [6, 6.07) is 5.01. The summed E-state index contributed by atoms with van der Waals surface area (Å²) in [7, 11) is 1.45.